The fourth-order valence-corrected chi connectivity index (χ4v) is 1.50. The van der Waals surface area contributed by atoms with Crippen LogP contribution in [0.4, 0.5) is 0 Å². The highest BCUT2D eigenvalue weighted by Gasteiger charge is 2.15. The van der Waals surface area contributed by atoms with E-state index in [4.69, 9.17) is 13.9 Å². The molecule has 21 heavy (non-hydrogen) atoms. The zero-order valence-corrected chi connectivity index (χ0v) is 12.2. The second-order valence-corrected chi connectivity index (χ2v) is 4.85. The predicted molar refractivity (Wildman–Crippen MR) is 72.7 cm³/mol. The van der Waals surface area contributed by atoms with Crippen LogP contribution in [0.5, 0.6) is 5.88 Å². The van der Waals surface area contributed by atoms with Gasteiger partial charge in [0.25, 0.3) is 0 Å². The zero-order chi connectivity index (χ0) is 15.2. The van der Waals surface area contributed by atoms with Crippen molar-refractivity contribution in [1.29, 1.82) is 0 Å². The number of hydrogen-bond acceptors (Lipinski definition) is 7. The smallest absolute Gasteiger partial charge is 0.358 e. The molecule has 0 aliphatic rings. The fraction of sp³-hybridized carbons (Fsp3) is 0.429. The quantitative estimate of drug-likeness (QED) is 0.753. The Labute approximate surface area is 122 Å². The summed E-state index contributed by atoms with van der Waals surface area (Å²) < 4.78 is 15.5. The lowest BCUT2D eigenvalue weighted by Crippen LogP contribution is -2.14. The third-order valence-electron chi connectivity index (χ3n) is 2.49. The molecule has 0 radical (unpaired) electrons. The molecule has 0 fully saturated rings. The van der Waals surface area contributed by atoms with Crippen LogP contribution >= 0.6 is 0 Å². The van der Waals surface area contributed by atoms with Crippen molar-refractivity contribution in [2.24, 2.45) is 5.92 Å². The Kier molecular flexibility index (Phi) is 4.86. The second kappa shape index (κ2) is 6.83. The van der Waals surface area contributed by atoms with Crippen molar-refractivity contribution in [1.82, 2.24) is 15.0 Å². The molecular formula is C14H17N3O4. The maximum Gasteiger partial charge on any atom is 0.358 e. The third-order valence-corrected chi connectivity index (χ3v) is 2.49. The van der Waals surface area contributed by atoms with Crippen molar-refractivity contribution in [3.05, 3.63) is 35.9 Å². The topological polar surface area (TPSA) is 87.3 Å². The van der Waals surface area contributed by atoms with E-state index in [9.17, 15) is 4.79 Å². The fourth-order valence-electron chi connectivity index (χ4n) is 1.50. The summed E-state index contributed by atoms with van der Waals surface area (Å²) in [5, 5.41) is 0. The lowest BCUT2D eigenvalue weighted by Gasteiger charge is -2.09. The van der Waals surface area contributed by atoms with Gasteiger partial charge >= 0.3 is 5.97 Å². The molecular weight excluding hydrogens is 274 g/mol. The number of aromatic nitrogens is 3. The van der Waals surface area contributed by atoms with Crippen molar-refractivity contribution in [3.8, 4) is 5.88 Å². The number of carbonyl (C=O) groups excluding carboxylic acids is 1. The minimum Gasteiger partial charge on any atom is -0.467 e. The molecule has 0 atom stereocenters. The third kappa shape index (κ3) is 4.27. The molecule has 0 saturated heterocycles. The van der Waals surface area contributed by atoms with Crippen molar-refractivity contribution in [3.63, 3.8) is 0 Å². The summed E-state index contributed by atoms with van der Waals surface area (Å²) in [6, 6.07) is 0. The Morgan fingerprint density at radius 2 is 2.19 bits per heavy atom. The molecule has 0 N–H and O–H groups in total. The molecule has 7 nitrogen and oxygen atoms in total. The Bertz CT molecular complexity index is 596. The van der Waals surface area contributed by atoms with Crippen LogP contribution in [0.25, 0.3) is 0 Å². The summed E-state index contributed by atoms with van der Waals surface area (Å²) in [6.45, 7) is 6.11. The summed E-state index contributed by atoms with van der Waals surface area (Å²) in [4.78, 5) is 24.0. The van der Waals surface area contributed by atoms with Crippen LogP contribution in [0.2, 0.25) is 0 Å². The molecule has 0 bridgehead atoms. The predicted octanol–water partition coefficient (Wildman–Crippen LogP) is 2.16. The molecule has 2 aromatic rings. The lowest BCUT2D eigenvalue weighted by molar-refractivity contribution is 0.0450. The molecule has 0 unspecified atom stereocenters. The van der Waals surface area contributed by atoms with Gasteiger partial charge in [0.05, 0.1) is 24.7 Å². The molecule has 0 aliphatic carbocycles. The molecule has 0 saturated carbocycles. The van der Waals surface area contributed by atoms with E-state index in [1.54, 1.807) is 6.92 Å². The summed E-state index contributed by atoms with van der Waals surface area (Å²) in [7, 11) is 0. The van der Waals surface area contributed by atoms with Gasteiger partial charge in [-0.05, 0) is 12.8 Å². The van der Waals surface area contributed by atoms with E-state index >= 15 is 0 Å². The van der Waals surface area contributed by atoms with E-state index in [0.717, 1.165) is 0 Å². The van der Waals surface area contributed by atoms with Gasteiger partial charge in [0.2, 0.25) is 11.8 Å². The molecule has 2 rings (SSSR count). The highest BCUT2D eigenvalue weighted by atomic mass is 16.5. The Hall–Kier alpha value is -2.44. The van der Waals surface area contributed by atoms with Crippen molar-refractivity contribution in [2.45, 2.75) is 27.4 Å². The number of esters is 1. The van der Waals surface area contributed by atoms with Gasteiger partial charge in [0.1, 0.15) is 6.26 Å². The number of ether oxygens (including phenoxy) is 2. The van der Waals surface area contributed by atoms with E-state index < -0.39 is 5.97 Å². The van der Waals surface area contributed by atoms with E-state index in [1.165, 1.54) is 18.7 Å². The number of aryl methyl sites for hydroxylation is 1. The highest BCUT2D eigenvalue weighted by molar-refractivity contribution is 5.88. The van der Waals surface area contributed by atoms with Crippen LogP contribution in [-0.2, 0) is 11.3 Å². The van der Waals surface area contributed by atoms with Gasteiger partial charge in [0, 0.05) is 0 Å². The number of oxazole rings is 1. The van der Waals surface area contributed by atoms with Crippen LogP contribution in [0.3, 0.4) is 0 Å². The highest BCUT2D eigenvalue weighted by Crippen LogP contribution is 2.12. The van der Waals surface area contributed by atoms with Gasteiger partial charge < -0.3 is 13.9 Å². The first-order chi connectivity index (χ1) is 10.1. The number of carbonyl (C=O) groups is 1. The van der Waals surface area contributed by atoms with E-state index in [-0.39, 0.29) is 18.2 Å². The molecule has 112 valence electrons. The van der Waals surface area contributed by atoms with E-state index in [2.05, 4.69) is 15.0 Å². The largest absolute Gasteiger partial charge is 0.467 e. The van der Waals surface area contributed by atoms with Crippen LogP contribution in [0.1, 0.15) is 35.9 Å². The average Bonchev–Trinajstić information content (AvgIpc) is 2.96. The molecule has 2 aromatic heterocycles. The van der Waals surface area contributed by atoms with Crippen molar-refractivity contribution in [2.75, 3.05) is 6.61 Å². The molecule has 0 amide bonds. The van der Waals surface area contributed by atoms with E-state index in [1.807, 2.05) is 13.8 Å². The zero-order valence-electron chi connectivity index (χ0n) is 12.2. The monoisotopic (exact) mass is 291 g/mol. The average molecular weight is 291 g/mol. The summed E-state index contributed by atoms with van der Waals surface area (Å²) in [5.74, 6) is 0.527. The van der Waals surface area contributed by atoms with E-state index in [0.29, 0.717) is 24.1 Å². The Morgan fingerprint density at radius 3 is 2.81 bits per heavy atom. The van der Waals surface area contributed by atoms with Gasteiger partial charge in [-0.25, -0.2) is 19.7 Å². The second-order valence-electron chi connectivity index (χ2n) is 4.85. The Morgan fingerprint density at radius 1 is 1.38 bits per heavy atom. The SMILES string of the molecule is Cc1nc(OCc2ncco2)cnc1C(=O)OCC(C)C. The molecule has 0 aromatic carbocycles. The first kappa shape index (κ1) is 15.0. The van der Waals surface area contributed by atoms with Crippen molar-refractivity contribution < 1.29 is 18.7 Å². The first-order valence-electron chi connectivity index (χ1n) is 6.58. The summed E-state index contributed by atoms with van der Waals surface area (Å²) in [5.41, 5.74) is 0.646. The van der Waals surface area contributed by atoms with Crippen LogP contribution in [-0.4, -0.2) is 27.5 Å². The van der Waals surface area contributed by atoms with Crippen LogP contribution < -0.4 is 4.74 Å². The lowest BCUT2D eigenvalue weighted by atomic mass is 10.2. The summed E-state index contributed by atoms with van der Waals surface area (Å²) >= 11 is 0. The van der Waals surface area contributed by atoms with Crippen LogP contribution in [0, 0.1) is 12.8 Å². The maximum absolute atomic E-state index is 11.8. The standard InChI is InChI=1S/C14H17N3O4/c1-9(2)7-21-14(18)13-10(3)17-11(6-16-13)20-8-12-15-4-5-19-12/h4-6,9H,7-8H2,1-3H3. The van der Waals surface area contributed by atoms with Gasteiger partial charge in [-0.1, -0.05) is 13.8 Å². The summed E-state index contributed by atoms with van der Waals surface area (Å²) in [6.07, 6.45) is 4.37. The Balaban J connectivity index is 1.98. The van der Waals surface area contributed by atoms with Gasteiger partial charge in [0.15, 0.2) is 12.3 Å². The normalized spacial score (nSPS) is 10.7. The first-order valence-corrected chi connectivity index (χ1v) is 6.58. The minimum atomic E-state index is -0.479. The number of rotatable bonds is 6. The molecule has 0 aliphatic heterocycles. The molecule has 7 heteroatoms. The van der Waals surface area contributed by atoms with Gasteiger partial charge in [-0.2, -0.15) is 0 Å². The molecule has 2 heterocycles. The molecule has 0 spiro atoms. The van der Waals surface area contributed by atoms with Crippen molar-refractivity contribution >= 4 is 5.97 Å². The number of nitrogens with zero attached hydrogens (tertiary/aromatic N) is 3. The minimum absolute atomic E-state index is 0.151. The van der Waals surface area contributed by atoms with Gasteiger partial charge in [-0.15, -0.1) is 0 Å². The number of hydrogen-bond donors (Lipinski definition) is 0. The maximum atomic E-state index is 11.8. The van der Waals surface area contributed by atoms with Gasteiger partial charge in [-0.3, -0.25) is 0 Å². The van der Waals surface area contributed by atoms with Crippen LogP contribution in [0.15, 0.2) is 23.1 Å².